The first-order valence-electron chi connectivity index (χ1n) is 7.41. The number of hydrogen-bond acceptors (Lipinski definition) is 5. The Hall–Kier alpha value is -1.90. The Labute approximate surface area is 142 Å². The third-order valence-electron chi connectivity index (χ3n) is 3.91. The molecule has 6 nitrogen and oxygen atoms in total. The molecule has 0 unspecified atom stereocenters. The maximum atomic E-state index is 13.0. The molecule has 0 bridgehead atoms. The van der Waals surface area contributed by atoms with Crippen LogP contribution in [-0.2, 0) is 26.4 Å². The van der Waals surface area contributed by atoms with E-state index >= 15 is 0 Å². The van der Waals surface area contributed by atoms with Crippen LogP contribution in [0.15, 0.2) is 58.3 Å². The number of hydrogen-bond donors (Lipinski definition) is 1. The number of rotatable bonds is 3. The fraction of sp³-hybridized carbons (Fsp3) is 0.250. The summed E-state index contributed by atoms with van der Waals surface area (Å²) in [7, 11) is -7.13. The van der Waals surface area contributed by atoms with E-state index in [0.717, 1.165) is 11.8 Å². The van der Waals surface area contributed by atoms with E-state index in [1.54, 1.807) is 12.1 Å². The Balaban J connectivity index is 2.05. The van der Waals surface area contributed by atoms with Crippen molar-refractivity contribution >= 4 is 25.5 Å². The first-order valence-corrected chi connectivity index (χ1v) is 10.7. The molecule has 1 aliphatic heterocycles. The summed E-state index contributed by atoms with van der Waals surface area (Å²) in [5, 5.41) is 3.20. The highest BCUT2D eigenvalue weighted by Gasteiger charge is 2.28. The molecular weight excluding hydrogens is 348 g/mol. The van der Waals surface area contributed by atoms with Crippen molar-refractivity contribution in [1.29, 1.82) is 0 Å². The predicted octanol–water partition coefficient (Wildman–Crippen LogP) is 1.39. The number of para-hydroxylation sites is 1. The lowest BCUT2D eigenvalue weighted by Gasteiger charge is -2.24. The molecule has 2 aromatic rings. The normalized spacial score (nSPS) is 15.6. The zero-order chi connectivity index (χ0) is 17.4. The maximum absolute atomic E-state index is 13.0. The Morgan fingerprint density at radius 2 is 1.54 bits per heavy atom. The minimum Gasteiger partial charge on any atom is -0.311 e. The molecule has 0 aliphatic carbocycles. The van der Waals surface area contributed by atoms with Crippen LogP contribution in [0, 0.1) is 0 Å². The van der Waals surface area contributed by atoms with Gasteiger partial charge in [-0.15, -0.1) is 0 Å². The Morgan fingerprint density at radius 1 is 0.917 bits per heavy atom. The molecule has 0 saturated heterocycles. The third-order valence-corrected chi connectivity index (χ3v) is 6.86. The molecule has 0 radical (unpaired) electrons. The lowest BCUT2D eigenvalue weighted by Crippen LogP contribution is -2.34. The average Bonchev–Trinajstić information content (AvgIpc) is 2.77. The fourth-order valence-corrected chi connectivity index (χ4v) is 4.80. The number of sulfonamides is 1. The number of anilines is 1. The van der Waals surface area contributed by atoms with Gasteiger partial charge in [-0.3, -0.25) is 4.31 Å². The molecule has 3 rings (SSSR count). The standard InChI is InChI=1S/C16H18N2O4S2/c1-23(19,20)14-6-8-15(9-7-14)24(21,22)18-11-10-17-12-13-4-2-3-5-16(13)18/h2-9,17H,10-12H2,1H3. The highest BCUT2D eigenvalue weighted by Crippen LogP contribution is 2.28. The summed E-state index contributed by atoms with van der Waals surface area (Å²) < 4.78 is 50.5. The van der Waals surface area contributed by atoms with E-state index in [1.807, 2.05) is 12.1 Å². The van der Waals surface area contributed by atoms with Crippen LogP contribution in [0.5, 0.6) is 0 Å². The van der Waals surface area contributed by atoms with Crippen LogP contribution in [-0.4, -0.2) is 36.2 Å². The fourth-order valence-electron chi connectivity index (χ4n) is 2.66. The van der Waals surface area contributed by atoms with Crippen LogP contribution in [0.3, 0.4) is 0 Å². The van der Waals surface area contributed by atoms with Gasteiger partial charge in [0.2, 0.25) is 0 Å². The Kier molecular flexibility index (Phi) is 4.37. The van der Waals surface area contributed by atoms with E-state index in [1.165, 1.54) is 28.6 Å². The van der Waals surface area contributed by atoms with Gasteiger partial charge in [0.05, 0.1) is 15.5 Å². The van der Waals surface area contributed by atoms with Gasteiger partial charge in [0.1, 0.15) is 0 Å². The predicted molar refractivity (Wildman–Crippen MR) is 92.2 cm³/mol. The molecule has 128 valence electrons. The second-order valence-corrected chi connectivity index (χ2v) is 9.50. The number of nitrogens with zero attached hydrogens (tertiary/aromatic N) is 1. The minimum absolute atomic E-state index is 0.0756. The smallest absolute Gasteiger partial charge is 0.264 e. The van der Waals surface area contributed by atoms with Crippen LogP contribution in [0.25, 0.3) is 0 Å². The molecule has 24 heavy (non-hydrogen) atoms. The van der Waals surface area contributed by atoms with Crippen molar-refractivity contribution in [3.05, 3.63) is 54.1 Å². The van der Waals surface area contributed by atoms with Gasteiger partial charge in [0.15, 0.2) is 9.84 Å². The van der Waals surface area contributed by atoms with Crippen LogP contribution in [0.1, 0.15) is 5.56 Å². The van der Waals surface area contributed by atoms with Crippen LogP contribution in [0.4, 0.5) is 5.69 Å². The molecule has 0 atom stereocenters. The highest BCUT2D eigenvalue weighted by molar-refractivity contribution is 7.93. The van der Waals surface area contributed by atoms with Gasteiger partial charge in [-0.1, -0.05) is 18.2 Å². The molecule has 0 amide bonds. The number of benzene rings is 2. The highest BCUT2D eigenvalue weighted by atomic mass is 32.2. The maximum Gasteiger partial charge on any atom is 0.264 e. The molecule has 0 spiro atoms. The molecule has 1 aliphatic rings. The van der Waals surface area contributed by atoms with Crippen molar-refractivity contribution in [3.8, 4) is 0 Å². The van der Waals surface area contributed by atoms with E-state index in [2.05, 4.69) is 5.32 Å². The molecule has 0 aromatic heterocycles. The van der Waals surface area contributed by atoms with E-state index in [0.29, 0.717) is 25.3 Å². The van der Waals surface area contributed by atoms with Gasteiger partial charge in [-0.2, -0.15) is 0 Å². The topological polar surface area (TPSA) is 83.5 Å². The van der Waals surface area contributed by atoms with Gasteiger partial charge >= 0.3 is 0 Å². The summed E-state index contributed by atoms with van der Waals surface area (Å²) in [5.74, 6) is 0. The van der Waals surface area contributed by atoms with E-state index in [9.17, 15) is 16.8 Å². The van der Waals surface area contributed by atoms with Crippen LogP contribution < -0.4 is 9.62 Å². The van der Waals surface area contributed by atoms with Gasteiger partial charge in [-0.25, -0.2) is 16.8 Å². The summed E-state index contributed by atoms with van der Waals surface area (Å²) in [5.41, 5.74) is 1.56. The second-order valence-electron chi connectivity index (χ2n) is 5.63. The second kappa shape index (κ2) is 6.19. The third kappa shape index (κ3) is 3.17. The first-order chi connectivity index (χ1) is 11.3. The Bertz CT molecular complexity index is 952. The lowest BCUT2D eigenvalue weighted by molar-refractivity contribution is 0.588. The van der Waals surface area contributed by atoms with Crippen molar-refractivity contribution in [2.45, 2.75) is 16.3 Å². The van der Waals surface area contributed by atoms with Crippen molar-refractivity contribution in [3.63, 3.8) is 0 Å². The van der Waals surface area contributed by atoms with Crippen molar-refractivity contribution < 1.29 is 16.8 Å². The molecule has 0 fully saturated rings. The van der Waals surface area contributed by atoms with Crippen LogP contribution >= 0.6 is 0 Å². The number of fused-ring (bicyclic) bond motifs is 1. The van der Waals surface area contributed by atoms with Crippen molar-refractivity contribution in [2.75, 3.05) is 23.7 Å². The minimum atomic E-state index is -3.76. The van der Waals surface area contributed by atoms with Gasteiger partial charge in [-0.05, 0) is 35.9 Å². The molecule has 1 N–H and O–H groups in total. The summed E-state index contributed by atoms with van der Waals surface area (Å²) in [6, 6.07) is 12.7. The molecule has 8 heteroatoms. The monoisotopic (exact) mass is 366 g/mol. The number of nitrogens with one attached hydrogen (secondary N) is 1. The van der Waals surface area contributed by atoms with Crippen molar-refractivity contribution in [2.24, 2.45) is 0 Å². The van der Waals surface area contributed by atoms with E-state index in [-0.39, 0.29) is 9.79 Å². The van der Waals surface area contributed by atoms with Gasteiger partial charge < -0.3 is 5.32 Å². The van der Waals surface area contributed by atoms with E-state index < -0.39 is 19.9 Å². The first kappa shape index (κ1) is 16.9. The Morgan fingerprint density at radius 3 is 2.21 bits per heavy atom. The lowest BCUT2D eigenvalue weighted by atomic mass is 10.2. The summed E-state index contributed by atoms with van der Waals surface area (Å²) in [4.78, 5) is 0.172. The summed E-state index contributed by atoms with van der Waals surface area (Å²) >= 11 is 0. The average molecular weight is 366 g/mol. The van der Waals surface area contributed by atoms with Crippen molar-refractivity contribution in [1.82, 2.24) is 5.32 Å². The molecule has 1 heterocycles. The quantitative estimate of drug-likeness (QED) is 0.887. The van der Waals surface area contributed by atoms with Gasteiger partial charge in [0.25, 0.3) is 10.0 Å². The zero-order valence-electron chi connectivity index (χ0n) is 13.1. The summed E-state index contributed by atoms with van der Waals surface area (Å²) in [6.07, 6.45) is 1.09. The molecule has 0 saturated carbocycles. The molecule has 2 aromatic carbocycles. The SMILES string of the molecule is CS(=O)(=O)c1ccc(S(=O)(=O)N2CCNCc3ccccc32)cc1. The number of sulfone groups is 1. The van der Waals surface area contributed by atoms with Gasteiger partial charge in [0, 0.05) is 25.9 Å². The van der Waals surface area contributed by atoms with Crippen LogP contribution in [0.2, 0.25) is 0 Å². The zero-order valence-corrected chi connectivity index (χ0v) is 14.8. The van der Waals surface area contributed by atoms with E-state index in [4.69, 9.17) is 0 Å². The largest absolute Gasteiger partial charge is 0.311 e. The molecular formula is C16H18N2O4S2. The summed E-state index contributed by atoms with van der Waals surface area (Å²) in [6.45, 7) is 1.46.